The number of furan rings is 1. The molecule has 6 nitrogen and oxygen atoms in total. The third kappa shape index (κ3) is 3.31. The van der Waals surface area contributed by atoms with Gasteiger partial charge in [-0.3, -0.25) is 4.79 Å². The van der Waals surface area contributed by atoms with Gasteiger partial charge in [0.15, 0.2) is 0 Å². The van der Waals surface area contributed by atoms with Gasteiger partial charge < -0.3 is 14.7 Å². The van der Waals surface area contributed by atoms with Crippen LogP contribution in [-0.2, 0) is 11.2 Å². The van der Waals surface area contributed by atoms with Crippen molar-refractivity contribution in [3.8, 4) is 0 Å². The van der Waals surface area contributed by atoms with Gasteiger partial charge in [0.05, 0.1) is 6.04 Å². The van der Waals surface area contributed by atoms with Crippen molar-refractivity contribution >= 4 is 16.8 Å². The topological polar surface area (TPSA) is 82.1 Å². The molecule has 4 N–H and O–H groups in total. The zero-order valence-corrected chi connectivity index (χ0v) is 14.1. The highest BCUT2D eigenvalue weighted by Gasteiger charge is 2.31. The molecule has 1 fully saturated rings. The number of aryl methyl sites for hydroxylation is 1. The second-order valence-corrected chi connectivity index (χ2v) is 6.48. The molecule has 1 saturated heterocycles. The number of para-hydroxylation sites is 1. The van der Waals surface area contributed by atoms with Crippen LogP contribution in [0.25, 0.3) is 10.9 Å². The highest BCUT2D eigenvalue weighted by atomic mass is 16.3. The first-order valence-electron chi connectivity index (χ1n) is 8.61. The Kier molecular flexibility index (Phi) is 4.29. The van der Waals surface area contributed by atoms with Gasteiger partial charge in [0.25, 0.3) is 0 Å². The number of fused-ring (bicyclic) bond motifs is 1. The first kappa shape index (κ1) is 15.9. The van der Waals surface area contributed by atoms with Gasteiger partial charge in [-0.05, 0) is 43.5 Å². The number of aromatic amines is 1. The minimum atomic E-state index is -0.252. The number of nitrogens with one attached hydrogen (secondary N) is 4. The summed E-state index contributed by atoms with van der Waals surface area (Å²) in [6.45, 7) is 2.53. The number of amides is 1. The minimum Gasteiger partial charge on any atom is -0.465 e. The van der Waals surface area contributed by atoms with Crippen LogP contribution in [-0.4, -0.2) is 23.5 Å². The van der Waals surface area contributed by atoms with Crippen LogP contribution in [0.5, 0.6) is 0 Å². The van der Waals surface area contributed by atoms with Gasteiger partial charge in [-0.25, -0.2) is 10.9 Å². The summed E-state index contributed by atoms with van der Waals surface area (Å²) in [5, 5.41) is 4.23. The van der Waals surface area contributed by atoms with Crippen LogP contribution < -0.4 is 16.2 Å². The van der Waals surface area contributed by atoms with Crippen LogP contribution in [0.15, 0.2) is 47.0 Å². The second-order valence-electron chi connectivity index (χ2n) is 6.48. The van der Waals surface area contributed by atoms with Gasteiger partial charge in [0.1, 0.15) is 17.6 Å². The predicted molar refractivity (Wildman–Crippen MR) is 95.9 cm³/mol. The molecule has 1 amide bonds. The number of rotatable bonds is 5. The summed E-state index contributed by atoms with van der Waals surface area (Å²) in [5.74, 6) is 1.75. The van der Waals surface area contributed by atoms with E-state index < -0.39 is 0 Å². The van der Waals surface area contributed by atoms with Crippen LogP contribution in [0.3, 0.4) is 0 Å². The van der Waals surface area contributed by atoms with Gasteiger partial charge in [0.2, 0.25) is 5.91 Å². The molecule has 1 aliphatic heterocycles. The minimum absolute atomic E-state index is 0.0121. The van der Waals surface area contributed by atoms with E-state index in [0.717, 1.165) is 23.5 Å². The third-order valence-corrected chi connectivity index (χ3v) is 4.69. The summed E-state index contributed by atoms with van der Waals surface area (Å²) in [5.41, 5.74) is 8.54. The molecular formula is C19H22N4O2. The first-order valence-corrected chi connectivity index (χ1v) is 8.61. The molecule has 1 aliphatic rings. The summed E-state index contributed by atoms with van der Waals surface area (Å²) < 4.78 is 5.63. The summed E-state index contributed by atoms with van der Waals surface area (Å²) in [4.78, 5) is 15.6. The Balaban J connectivity index is 1.29. The number of carbonyl (C=O) groups excluding carboxylic acids is 1. The van der Waals surface area contributed by atoms with Crippen molar-refractivity contribution in [3.63, 3.8) is 0 Å². The number of hydrogen-bond acceptors (Lipinski definition) is 4. The van der Waals surface area contributed by atoms with E-state index in [1.54, 1.807) is 0 Å². The Labute approximate surface area is 146 Å². The van der Waals surface area contributed by atoms with Crippen LogP contribution in [0.4, 0.5) is 0 Å². The summed E-state index contributed by atoms with van der Waals surface area (Å²) >= 11 is 0. The Morgan fingerprint density at radius 2 is 2.12 bits per heavy atom. The normalized spacial score (nSPS) is 20.2. The zero-order chi connectivity index (χ0) is 17.2. The number of carbonyl (C=O) groups is 1. The number of aromatic nitrogens is 1. The number of hydrogen-bond donors (Lipinski definition) is 4. The standard InChI is InChI=1S/C19H22N4O2/c1-12-6-7-18(25-12)16-10-17(23-22-16)19(24)20-9-8-13-11-21-15-5-3-2-4-14(13)15/h2-7,11,16-17,21-23H,8-10H2,1H3,(H,20,24). The molecule has 0 aliphatic carbocycles. The van der Waals surface area contributed by atoms with Crippen molar-refractivity contribution in [2.24, 2.45) is 0 Å². The van der Waals surface area contributed by atoms with Crippen molar-refractivity contribution in [1.82, 2.24) is 21.2 Å². The van der Waals surface area contributed by atoms with Crippen molar-refractivity contribution in [2.75, 3.05) is 6.54 Å². The van der Waals surface area contributed by atoms with E-state index in [2.05, 4.69) is 33.3 Å². The van der Waals surface area contributed by atoms with Gasteiger partial charge in [0, 0.05) is 23.6 Å². The highest BCUT2D eigenvalue weighted by Crippen LogP contribution is 2.24. The van der Waals surface area contributed by atoms with Crippen LogP contribution >= 0.6 is 0 Å². The first-order chi connectivity index (χ1) is 12.2. The largest absolute Gasteiger partial charge is 0.465 e. The molecule has 130 valence electrons. The maximum Gasteiger partial charge on any atom is 0.238 e. The Bertz CT molecular complexity index is 882. The van der Waals surface area contributed by atoms with Crippen molar-refractivity contribution in [2.45, 2.75) is 31.8 Å². The molecule has 3 heterocycles. The van der Waals surface area contributed by atoms with Crippen LogP contribution in [0.2, 0.25) is 0 Å². The smallest absolute Gasteiger partial charge is 0.238 e. The lowest BCUT2D eigenvalue weighted by Gasteiger charge is -2.10. The predicted octanol–water partition coefficient (Wildman–Crippen LogP) is 2.34. The van der Waals surface area contributed by atoms with Gasteiger partial charge in [-0.1, -0.05) is 18.2 Å². The molecule has 6 heteroatoms. The number of H-pyrrole nitrogens is 1. The Morgan fingerprint density at radius 1 is 1.24 bits per heavy atom. The fourth-order valence-electron chi connectivity index (χ4n) is 3.34. The van der Waals surface area contributed by atoms with E-state index in [4.69, 9.17) is 4.42 Å². The quantitative estimate of drug-likeness (QED) is 0.575. The fraction of sp³-hybridized carbons (Fsp3) is 0.316. The van der Waals surface area contributed by atoms with E-state index in [1.807, 2.05) is 37.4 Å². The summed E-state index contributed by atoms with van der Waals surface area (Å²) in [6, 6.07) is 11.9. The molecule has 4 rings (SSSR count). The van der Waals surface area contributed by atoms with E-state index in [1.165, 1.54) is 10.9 Å². The van der Waals surface area contributed by atoms with E-state index in [9.17, 15) is 4.79 Å². The maximum absolute atomic E-state index is 12.4. The second kappa shape index (κ2) is 6.74. The monoisotopic (exact) mass is 338 g/mol. The molecule has 2 atom stereocenters. The molecule has 0 bridgehead atoms. The van der Waals surface area contributed by atoms with Crippen molar-refractivity contribution in [1.29, 1.82) is 0 Å². The zero-order valence-electron chi connectivity index (χ0n) is 14.1. The highest BCUT2D eigenvalue weighted by molar-refractivity contribution is 5.84. The summed E-state index contributed by atoms with van der Waals surface area (Å²) in [7, 11) is 0. The molecule has 0 saturated carbocycles. The van der Waals surface area contributed by atoms with Gasteiger partial charge in [-0.15, -0.1) is 0 Å². The molecule has 1 aromatic carbocycles. The van der Waals surface area contributed by atoms with Crippen LogP contribution in [0.1, 0.15) is 29.5 Å². The third-order valence-electron chi connectivity index (χ3n) is 4.69. The molecule has 0 radical (unpaired) electrons. The molecule has 0 spiro atoms. The fourth-order valence-corrected chi connectivity index (χ4v) is 3.34. The van der Waals surface area contributed by atoms with Crippen LogP contribution in [0, 0.1) is 6.92 Å². The Hall–Kier alpha value is -2.57. The van der Waals surface area contributed by atoms with Gasteiger partial charge in [-0.2, -0.15) is 0 Å². The molecule has 25 heavy (non-hydrogen) atoms. The lowest BCUT2D eigenvalue weighted by atomic mass is 10.1. The maximum atomic E-state index is 12.4. The summed E-state index contributed by atoms with van der Waals surface area (Å²) in [6.07, 6.45) is 3.49. The lowest BCUT2D eigenvalue weighted by molar-refractivity contribution is -0.122. The molecule has 2 aromatic heterocycles. The molecular weight excluding hydrogens is 316 g/mol. The molecule has 3 aromatic rings. The average Bonchev–Trinajstić information content (AvgIpc) is 3.34. The lowest BCUT2D eigenvalue weighted by Crippen LogP contribution is -2.43. The van der Waals surface area contributed by atoms with Crippen molar-refractivity contribution < 1.29 is 9.21 Å². The SMILES string of the molecule is Cc1ccc(C2CC(C(=O)NCCc3c[nH]c4ccccc34)NN2)o1. The van der Waals surface area contributed by atoms with E-state index in [0.29, 0.717) is 13.0 Å². The van der Waals surface area contributed by atoms with Gasteiger partial charge >= 0.3 is 0 Å². The Morgan fingerprint density at radius 3 is 2.96 bits per heavy atom. The number of hydrazine groups is 1. The van der Waals surface area contributed by atoms with E-state index >= 15 is 0 Å². The van der Waals surface area contributed by atoms with E-state index in [-0.39, 0.29) is 18.0 Å². The molecule has 2 unspecified atom stereocenters. The average molecular weight is 338 g/mol. The van der Waals surface area contributed by atoms with Crippen molar-refractivity contribution in [3.05, 3.63) is 59.7 Å². The number of benzene rings is 1.